The highest BCUT2D eigenvalue weighted by molar-refractivity contribution is 7.91. The number of carbonyl (C=O) groups is 1. The molecule has 6 N–H and O–H groups in total. The molecule has 0 radical (unpaired) electrons. The van der Waals surface area contributed by atoms with Crippen molar-refractivity contribution >= 4 is 50.4 Å². The van der Waals surface area contributed by atoms with Crippen molar-refractivity contribution in [2.24, 2.45) is 21.2 Å². The zero-order chi connectivity index (χ0) is 27.6. The first-order valence-electron chi connectivity index (χ1n) is 10.8. The number of methoxy groups -OCH3 is 2. The van der Waals surface area contributed by atoms with Crippen molar-refractivity contribution < 1.29 is 32.3 Å². The van der Waals surface area contributed by atoms with Crippen molar-refractivity contribution in [1.29, 1.82) is 0 Å². The number of hydrazone groups is 1. The van der Waals surface area contributed by atoms with Crippen LogP contribution in [0.5, 0.6) is 17.2 Å². The third-order valence-corrected chi connectivity index (χ3v) is 6.26. The summed E-state index contributed by atoms with van der Waals surface area (Å²) in [6.45, 7) is 0. The predicted octanol–water partition coefficient (Wildman–Crippen LogP) is 3.57. The molecule has 0 saturated heterocycles. The minimum Gasteiger partial charge on any atom is -0.508 e. The molecule has 14 heteroatoms. The third-order valence-electron chi connectivity index (χ3n) is 5.39. The van der Waals surface area contributed by atoms with Crippen LogP contribution in [0.3, 0.4) is 0 Å². The number of azo groups is 1. The zero-order valence-electron chi connectivity index (χ0n) is 20.1. The summed E-state index contributed by atoms with van der Waals surface area (Å²) in [5.74, 6) is 5.73. The first kappa shape index (κ1) is 26.3. The van der Waals surface area contributed by atoms with Crippen LogP contribution in [0.4, 0.5) is 22.7 Å². The topological polar surface area (TPSA) is 202 Å². The average Bonchev–Trinajstić information content (AvgIpc) is 2.88. The maximum absolute atomic E-state index is 13.2. The van der Waals surface area contributed by atoms with Crippen LogP contribution in [0, 0.1) is 0 Å². The fourth-order valence-corrected chi connectivity index (χ4v) is 4.22. The summed E-state index contributed by atoms with van der Waals surface area (Å²) < 4.78 is 44.8. The van der Waals surface area contributed by atoms with Gasteiger partial charge in [-0.1, -0.05) is 0 Å². The predicted molar refractivity (Wildman–Crippen MR) is 141 cm³/mol. The van der Waals surface area contributed by atoms with Crippen molar-refractivity contribution in [2.75, 3.05) is 25.1 Å². The van der Waals surface area contributed by atoms with Crippen molar-refractivity contribution in [2.45, 2.75) is 0 Å². The molecule has 196 valence electrons. The normalized spacial score (nSPS) is 14.4. The van der Waals surface area contributed by atoms with Gasteiger partial charge in [-0.2, -0.15) is 23.8 Å². The van der Waals surface area contributed by atoms with E-state index in [1.807, 2.05) is 0 Å². The zero-order valence-corrected chi connectivity index (χ0v) is 20.9. The molecule has 0 atom stereocenters. The number of hydrogen-bond donors (Lipinski definition) is 4. The standard InChI is InChI=1S/C24H22N6O7S/c1-36-20-12-19(21(37-2)11-18(20)28-27-15-4-6-16(31)7-5-15)30(26)29-23-22(38(33,34)35)10-13-9-14(25)3-8-17(13)24(23)32/h3-12,31H,25-26H2,1-2H3,(H,33,34,35)/b28-27+,29-23-. The Morgan fingerprint density at radius 2 is 1.63 bits per heavy atom. The fraction of sp³-hybridized carbons (Fsp3) is 0.0833. The van der Waals surface area contributed by atoms with Gasteiger partial charge in [0.15, 0.2) is 5.71 Å². The summed E-state index contributed by atoms with van der Waals surface area (Å²) in [6.07, 6.45) is 1.08. The van der Waals surface area contributed by atoms with E-state index in [0.717, 1.165) is 11.2 Å². The molecule has 3 aromatic rings. The summed E-state index contributed by atoms with van der Waals surface area (Å²) in [6, 6.07) is 13.1. The molecule has 13 nitrogen and oxygen atoms in total. The average molecular weight is 539 g/mol. The number of phenols is 1. The Labute approximate surface area is 217 Å². The lowest BCUT2D eigenvalue weighted by molar-refractivity contribution is 0.106. The van der Waals surface area contributed by atoms with Crippen LogP contribution in [0.1, 0.15) is 15.9 Å². The lowest BCUT2D eigenvalue weighted by Crippen LogP contribution is -2.33. The first-order chi connectivity index (χ1) is 18.0. The number of nitrogen functional groups attached to an aromatic ring is 1. The number of rotatable bonds is 7. The van der Waals surface area contributed by atoms with E-state index in [0.29, 0.717) is 11.4 Å². The van der Waals surface area contributed by atoms with Gasteiger partial charge in [-0.3, -0.25) is 9.35 Å². The molecule has 0 aromatic heterocycles. The number of anilines is 2. The van der Waals surface area contributed by atoms with Crippen molar-refractivity contribution in [1.82, 2.24) is 0 Å². The SMILES string of the molecule is COc1cc(N(N)/N=C2\C(=O)c3ccc(N)cc3C=C2S(=O)(=O)O)c(OC)cc1/N=N/c1ccc(O)cc1. The number of ether oxygens (including phenoxy) is 2. The second-order valence-corrected chi connectivity index (χ2v) is 9.25. The number of aromatic hydroxyl groups is 1. The number of hydrazine groups is 1. The molecular weight excluding hydrogens is 516 g/mol. The highest BCUT2D eigenvalue weighted by Gasteiger charge is 2.33. The highest BCUT2D eigenvalue weighted by atomic mass is 32.2. The van der Waals surface area contributed by atoms with Crippen LogP contribution in [0.2, 0.25) is 0 Å². The maximum atomic E-state index is 13.2. The second kappa shape index (κ2) is 10.3. The van der Waals surface area contributed by atoms with Gasteiger partial charge in [-0.15, -0.1) is 5.11 Å². The molecule has 0 fully saturated rings. The third kappa shape index (κ3) is 5.31. The molecule has 1 aliphatic carbocycles. The van der Waals surface area contributed by atoms with Gasteiger partial charge in [0.05, 0.1) is 19.9 Å². The number of phenolic OH excluding ortho intramolecular Hbond substituents is 1. The maximum Gasteiger partial charge on any atom is 0.296 e. The number of allylic oxidation sites excluding steroid dienone is 1. The van der Waals surface area contributed by atoms with Gasteiger partial charge >= 0.3 is 0 Å². The summed E-state index contributed by atoms with van der Waals surface area (Å²) >= 11 is 0. The van der Waals surface area contributed by atoms with Gasteiger partial charge in [0.25, 0.3) is 10.1 Å². The molecule has 0 amide bonds. The Hall–Kier alpha value is -4.79. The lowest BCUT2D eigenvalue weighted by atomic mass is 9.94. The summed E-state index contributed by atoms with van der Waals surface area (Å²) in [7, 11) is -2.15. The van der Waals surface area contributed by atoms with Crippen LogP contribution in [-0.2, 0) is 10.1 Å². The Bertz CT molecular complexity index is 1620. The number of fused-ring (bicyclic) bond motifs is 1. The molecule has 0 heterocycles. The van der Waals surface area contributed by atoms with Crippen LogP contribution < -0.4 is 26.2 Å². The van der Waals surface area contributed by atoms with Gasteiger partial charge in [-0.25, -0.2) is 5.84 Å². The van der Waals surface area contributed by atoms with Crippen molar-refractivity contribution in [3.8, 4) is 17.2 Å². The van der Waals surface area contributed by atoms with Gasteiger partial charge in [0.1, 0.15) is 33.5 Å². The summed E-state index contributed by atoms with van der Waals surface area (Å²) in [5, 5.41) is 22.4. The lowest BCUT2D eigenvalue weighted by Gasteiger charge is -2.21. The Balaban J connectivity index is 1.77. The van der Waals surface area contributed by atoms with E-state index >= 15 is 0 Å². The van der Waals surface area contributed by atoms with Crippen LogP contribution in [-0.4, -0.2) is 43.8 Å². The molecule has 0 spiro atoms. The quantitative estimate of drug-likeness (QED) is 0.113. The van der Waals surface area contributed by atoms with E-state index < -0.39 is 26.5 Å². The molecule has 0 bridgehead atoms. The van der Waals surface area contributed by atoms with E-state index in [4.69, 9.17) is 21.1 Å². The first-order valence-corrected chi connectivity index (χ1v) is 12.2. The Morgan fingerprint density at radius 3 is 2.26 bits per heavy atom. The van der Waals surface area contributed by atoms with E-state index in [9.17, 15) is 22.9 Å². The molecule has 0 saturated carbocycles. The smallest absolute Gasteiger partial charge is 0.296 e. The molecular formula is C24H22N6O7S. The van der Waals surface area contributed by atoms with Crippen LogP contribution >= 0.6 is 0 Å². The van der Waals surface area contributed by atoms with E-state index in [1.165, 1.54) is 56.7 Å². The van der Waals surface area contributed by atoms with E-state index in [-0.39, 0.29) is 39.8 Å². The number of benzene rings is 3. The van der Waals surface area contributed by atoms with Crippen molar-refractivity contribution in [3.05, 3.63) is 70.6 Å². The van der Waals surface area contributed by atoms with Gasteiger partial charge in [0.2, 0.25) is 5.78 Å². The number of Topliss-reactive ketones (excluding diaryl/α,β-unsaturated/α-hetero) is 1. The second-order valence-electron chi connectivity index (χ2n) is 7.86. The number of carbonyl (C=O) groups excluding carboxylic acids is 1. The number of ketones is 1. The van der Waals surface area contributed by atoms with Crippen LogP contribution in [0.15, 0.2) is 74.8 Å². The Kier molecular flexibility index (Phi) is 7.12. The monoisotopic (exact) mass is 538 g/mol. The van der Waals surface area contributed by atoms with E-state index in [1.54, 1.807) is 12.1 Å². The minimum atomic E-state index is -4.88. The van der Waals surface area contributed by atoms with Crippen LogP contribution in [0.25, 0.3) is 6.08 Å². The van der Waals surface area contributed by atoms with Crippen molar-refractivity contribution in [3.63, 3.8) is 0 Å². The molecule has 1 aliphatic rings. The largest absolute Gasteiger partial charge is 0.508 e. The van der Waals surface area contributed by atoms with Gasteiger partial charge < -0.3 is 20.3 Å². The molecule has 3 aromatic carbocycles. The van der Waals surface area contributed by atoms with Gasteiger partial charge in [0, 0.05) is 23.4 Å². The molecule has 0 unspecified atom stereocenters. The minimum absolute atomic E-state index is 0.0750. The molecule has 0 aliphatic heterocycles. The number of hydrogen-bond acceptors (Lipinski definition) is 12. The Morgan fingerprint density at radius 1 is 0.947 bits per heavy atom. The fourth-order valence-electron chi connectivity index (χ4n) is 3.56. The highest BCUT2D eigenvalue weighted by Crippen LogP contribution is 2.40. The van der Waals surface area contributed by atoms with E-state index in [2.05, 4.69) is 15.3 Å². The molecule has 4 rings (SSSR count). The summed E-state index contributed by atoms with van der Waals surface area (Å²) in [4.78, 5) is 12.4. The van der Waals surface area contributed by atoms with Gasteiger partial charge in [-0.05, 0) is 54.1 Å². The molecule has 38 heavy (non-hydrogen) atoms. The number of nitrogens with zero attached hydrogens (tertiary/aromatic N) is 4. The number of nitrogens with two attached hydrogens (primary N) is 2. The summed E-state index contributed by atoms with van der Waals surface area (Å²) in [5.41, 5.74) is 6.52.